The fourth-order valence-corrected chi connectivity index (χ4v) is 2.40. The third-order valence-electron chi connectivity index (χ3n) is 3.44. The van der Waals surface area contributed by atoms with Crippen molar-refractivity contribution in [3.05, 3.63) is 41.4 Å². The van der Waals surface area contributed by atoms with Crippen LogP contribution in [0.1, 0.15) is 30.5 Å². The van der Waals surface area contributed by atoms with Crippen LogP contribution in [0.15, 0.2) is 30.2 Å². The highest BCUT2D eigenvalue weighted by Gasteiger charge is 2.10. The lowest BCUT2D eigenvalue weighted by molar-refractivity contribution is 0.221. The number of piperidine rings is 1. The maximum absolute atomic E-state index is 9.22. The van der Waals surface area contributed by atoms with E-state index in [4.69, 9.17) is 5.11 Å². The predicted octanol–water partition coefficient (Wildman–Crippen LogP) is 2.04. The van der Waals surface area contributed by atoms with Gasteiger partial charge in [-0.2, -0.15) is 0 Å². The molecule has 0 spiro atoms. The maximum Gasteiger partial charge on any atom is 0.114 e. The molecule has 0 atom stereocenters. The second kappa shape index (κ2) is 7.26. The number of aliphatic hydroxyl groups excluding tert-OH is 2. The van der Waals surface area contributed by atoms with E-state index in [0.717, 1.165) is 12.2 Å². The lowest BCUT2D eigenvalue weighted by atomic mass is 10.1. The first-order valence-corrected chi connectivity index (χ1v) is 6.93. The molecule has 1 aromatic heterocycles. The summed E-state index contributed by atoms with van der Waals surface area (Å²) in [6, 6.07) is 4.13. The Balaban J connectivity index is 1.94. The summed E-state index contributed by atoms with van der Waals surface area (Å²) in [6.45, 7) is 3.03. The zero-order valence-electron chi connectivity index (χ0n) is 11.3. The number of aliphatic hydroxyl groups is 2. The smallest absolute Gasteiger partial charge is 0.114 e. The summed E-state index contributed by atoms with van der Waals surface area (Å²) < 4.78 is 0. The standard InChI is InChI=1S/C15H22N2O2/c18-12-15(19)5-4-14-10-13(6-7-16-14)11-17-8-2-1-3-9-17/h5-7,10,18-19H,1-4,8-9,11-12H2/b15-5+. The highest BCUT2D eigenvalue weighted by atomic mass is 16.3. The molecular formula is C15H22N2O2. The molecule has 0 radical (unpaired) electrons. The van der Waals surface area contributed by atoms with Gasteiger partial charge in [0.05, 0.1) is 6.61 Å². The summed E-state index contributed by atoms with van der Waals surface area (Å²) in [7, 11) is 0. The highest BCUT2D eigenvalue weighted by molar-refractivity contribution is 5.18. The molecule has 0 unspecified atom stereocenters. The van der Waals surface area contributed by atoms with Crippen LogP contribution in [0, 0.1) is 0 Å². The maximum atomic E-state index is 9.22. The Labute approximate surface area is 114 Å². The third-order valence-corrected chi connectivity index (χ3v) is 3.44. The van der Waals surface area contributed by atoms with Gasteiger partial charge in [0.2, 0.25) is 0 Å². The Morgan fingerprint density at radius 3 is 2.84 bits per heavy atom. The van der Waals surface area contributed by atoms with E-state index in [-0.39, 0.29) is 12.4 Å². The van der Waals surface area contributed by atoms with Crippen molar-refractivity contribution in [1.82, 2.24) is 9.88 Å². The minimum absolute atomic E-state index is 0.00299. The van der Waals surface area contributed by atoms with E-state index in [1.165, 1.54) is 37.9 Å². The van der Waals surface area contributed by atoms with E-state index in [1.54, 1.807) is 6.08 Å². The molecule has 1 fully saturated rings. The molecule has 1 aliphatic heterocycles. The average Bonchev–Trinajstić information content (AvgIpc) is 2.46. The Morgan fingerprint density at radius 2 is 2.11 bits per heavy atom. The van der Waals surface area contributed by atoms with Crippen molar-refractivity contribution in [3.8, 4) is 0 Å². The van der Waals surface area contributed by atoms with Gasteiger partial charge in [-0.25, -0.2) is 0 Å². The first kappa shape index (κ1) is 14.0. The predicted molar refractivity (Wildman–Crippen MR) is 74.9 cm³/mol. The minimum Gasteiger partial charge on any atom is -0.510 e. The van der Waals surface area contributed by atoms with Crippen LogP contribution < -0.4 is 0 Å². The zero-order valence-corrected chi connectivity index (χ0v) is 11.3. The summed E-state index contributed by atoms with van der Waals surface area (Å²) in [6.07, 6.45) is 7.92. The summed E-state index contributed by atoms with van der Waals surface area (Å²) >= 11 is 0. The van der Waals surface area contributed by atoms with E-state index in [2.05, 4.69) is 16.0 Å². The van der Waals surface area contributed by atoms with E-state index in [0.29, 0.717) is 6.42 Å². The number of likely N-dealkylation sites (tertiary alicyclic amines) is 1. The minimum atomic E-state index is -0.312. The van der Waals surface area contributed by atoms with Crippen LogP contribution in [0.3, 0.4) is 0 Å². The van der Waals surface area contributed by atoms with Crippen LogP contribution >= 0.6 is 0 Å². The lowest BCUT2D eigenvalue weighted by Crippen LogP contribution is -2.29. The Hall–Kier alpha value is -1.39. The van der Waals surface area contributed by atoms with Crippen molar-refractivity contribution in [2.45, 2.75) is 32.2 Å². The van der Waals surface area contributed by atoms with Gasteiger partial charge >= 0.3 is 0 Å². The van der Waals surface area contributed by atoms with Gasteiger partial charge < -0.3 is 10.2 Å². The summed E-state index contributed by atoms with van der Waals surface area (Å²) in [5.74, 6) is 0.00299. The fourth-order valence-electron chi connectivity index (χ4n) is 2.40. The summed E-state index contributed by atoms with van der Waals surface area (Å²) in [4.78, 5) is 6.76. The van der Waals surface area contributed by atoms with Crippen LogP contribution in [-0.4, -0.2) is 39.8 Å². The molecule has 104 valence electrons. The van der Waals surface area contributed by atoms with Crippen molar-refractivity contribution in [2.75, 3.05) is 19.7 Å². The molecule has 1 aromatic rings. The van der Waals surface area contributed by atoms with Crippen molar-refractivity contribution >= 4 is 0 Å². The SMILES string of the molecule is OC/C(O)=C\Cc1cc(CN2CCCCC2)ccn1. The van der Waals surface area contributed by atoms with Crippen LogP contribution in [0.2, 0.25) is 0 Å². The van der Waals surface area contributed by atoms with E-state index >= 15 is 0 Å². The van der Waals surface area contributed by atoms with Crippen LogP contribution in [0.5, 0.6) is 0 Å². The number of nitrogens with zero attached hydrogens (tertiary/aromatic N) is 2. The van der Waals surface area contributed by atoms with Crippen LogP contribution in [0.4, 0.5) is 0 Å². The molecule has 2 heterocycles. The monoisotopic (exact) mass is 262 g/mol. The zero-order chi connectivity index (χ0) is 13.5. The highest BCUT2D eigenvalue weighted by Crippen LogP contribution is 2.13. The largest absolute Gasteiger partial charge is 0.510 e. The average molecular weight is 262 g/mol. The molecule has 4 nitrogen and oxygen atoms in total. The van der Waals surface area contributed by atoms with E-state index < -0.39 is 0 Å². The fraction of sp³-hybridized carbons (Fsp3) is 0.533. The van der Waals surface area contributed by atoms with Crippen LogP contribution in [-0.2, 0) is 13.0 Å². The molecule has 0 aromatic carbocycles. The molecule has 19 heavy (non-hydrogen) atoms. The number of hydrogen-bond acceptors (Lipinski definition) is 4. The van der Waals surface area contributed by atoms with Gasteiger partial charge in [-0.15, -0.1) is 0 Å². The Bertz CT molecular complexity index is 426. The molecule has 0 aliphatic carbocycles. The van der Waals surface area contributed by atoms with Gasteiger partial charge in [0.25, 0.3) is 0 Å². The molecule has 2 rings (SSSR count). The summed E-state index contributed by atoms with van der Waals surface area (Å²) in [5, 5.41) is 18.0. The van der Waals surface area contributed by atoms with E-state index in [9.17, 15) is 5.11 Å². The molecule has 4 heteroatoms. The Morgan fingerprint density at radius 1 is 1.32 bits per heavy atom. The first-order chi connectivity index (χ1) is 9.28. The van der Waals surface area contributed by atoms with Gasteiger partial charge in [0.1, 0.15) is 5.76 Å². The second-order valence-corrected chi connectivity index (χ2v) is 5.05. The summed E-state index contributed by atoms with van der Waals surface area (Å²) in [5.41, 5.74) is 2.19. The number of allylic oxidation sites excluding steroid dienone is 1. The van der Waals surface area contributed by atoms with Crippen molar-refractivity contribution in [1.29, 1.82) is 0 Å². The van der Waals surface area contributed by atoms with Gasteiger partial charge in [-0.05, 0) is 49.7 Å². The second-order valence-electron chi connectivity index (χ2n) is 5.05. The Kier molecular flexibility index (Phi) is 5.36. The van der Waals surface area contributed by atoms with Crippen molar-refractivity contribution in [2.24, 2.45) is 0 Å². The molecule has 0 amide bonds. The normalized spacial score (nSPS) is 17.6. The molecule has 1 saturated heterocycles. The van der Waals surface area contributed by atoms with Gasteiger partial charge in [-0.1, -0.05) is 6.42 Å². The first-order valence-electron chi connectivity index (χ1n) is 6.93. The topological polar surface area (TPSA) is 56.6 Å². The third kappa shape index (κ3) is 4.65. The number of hydrogen-bond donors (Lipinski definition) is 2. The van der Waals surface area contributed by atoms with E-state index in [1.807, 2.05) is 12.3 Å². The quantitative estimate of drug-likeness (QED) is 0.797. The molecule has 0 saturated carbocycles. The van der Waals surface area contributed by atoms with Gasteiger partial charge in [0, 0.05) is 24.9 Å². The van der Waals surface area contributed by atoms with Crippen LogP contribution in [0.25, 0.3) is 0 Å². The molecule has 1 aliphatic rings. The lowest BCUT2D eigenvalue weighted by Gasteiger charge is -2.26. The molecule has 0 bridgehead atoms. The van der Waals surface area contributed by atoms with Gasteiger partial charge in [-0.3, -0.25) is 9.88 Å². The van der Waals surface area contributed by atoms with Crippen molar-refractivity contribution < 1.29 is 10.2 Å². The molecular weight excluding hydrogens is 240 g/mol. The number of aromatic nitrogens is 1. The number of rotatable bonds is 5. The van der Waals surface area contributed by atoms with Crippen molar-refractivity contribution in [3.63, 3.8) is 0 Å². The number of pyridine rings is 1. The van der Waals surface area contributed by atoms with Gasteiger partial charge in [0.15, 0.2) is 0 Å². The molecule has 2 N–H and O–H groups in total.